The minimum atomic E-state index is -3.37. The number of hydrogen-bond donors (Lipinski definition) is 1. The largest absolute Gasteiger partial charge is 0.398 e. The molecule has 1 aromatic rings. The summed E-state index contributed by atoms with van der Waals surface area (Å²) in [6.07, 6.45) is 1.99. The van der Waals surface area contributed by atoms with E-state index in [-0.39, 0.29) is 0 Å². The third-order valence-corrected chi connectivity index (χ3v) is 5.58. The summed E-state index contributed by atoms with van der Waals surface area (Å²) < 4.78 is 26.4. The second-order valence-corrected chi connectivity index (χ2v) is 6.88. The quantitative estimate of drug-likeness (QED) is 0.853. The number of aryl methyl sites for hydroxylation is 1. The van der Waals surface area contributed by atoms with Gasteiger partial charge < -0.3 is 5.73 Å². The van der Waals surface area contributed by atoms with Crippen molar-refractivity contribution in [2.24, 2.45) is 5.92 Å². The van der Waals surface area contributed by atoms with Crippen molar-refractivity contribution in [3.8, 4) is 0 Å². The summed E-state index contributed by atoms with van der Waals surface area (Å²) in [6.45, 7) is 5.22. The zero-order chi connectivity index (χ0) is 13.3. The van der Waals surface area contributed by atoms with E-state index in [0.717, 1.165) is 18.4 Å². The minimum absolute atomic E-state index is 0.308. The highest BCUT2D eigenvalue weighted by Crippen LogP contribution is 2.27. The van der Waals surface area contributed by atoms with Gasteiger partial charge in [0.1, 0.15) is 0 Å². The first-order valence-corrected chi connectivity index (χ1v) is 7.75. The summed E-state index contributed by atoms with van der Waals surface area (Å²) >= 11 is 0. The lowest BCUT2D eigenvalue weighted by Crippen LogP contribution is -2.28. The second kappa shape index (κ2) is 4.90. The van der Waals surface area contributed by atoms with E-state index >= 15 is 0 Å². The Morgan fingerprint density at radius 1 is 1.44 bits per heavy atom. The molecule has 0 aliphatic carbocycles. The molecular weight excluding hydrogens is 248 g/mol. The molecule has 1 heterocycles. The van der Waals surface area contributed by atoms with Gasteiger partial charge in [-0.25, -0.2) is 8.42 Å². The van der Waals surface area contributed by atoms with Gasteiger partial charge in [-0.2, -0.15) is 4.31 Å². The Hall–Kier alpha value is -1.07. The Kier molecular flexibility index (Phi) is 3.64. The Bertz CT molecular complexity index is 540. The van der Waals surface area contributed by atoms with Gasteiger partial charge in [-0.3, -0.25) is 0 Å². The van der Waals surface area contributed by atoms with Crippen LogP contribution in [-0.4, -0.2) is 25.8 Å². The highest BCUT2D eigenvalue weighted by Gasteiger charge is 2.31. The molecule has 0 amide bonds. The molecule has 0 saturated carbocycles. The van der Waals surface area contributed by atoms with Gasteiger partial charge in [-0.1, -0.05) is 19.4 Å². The first-order chi connectivity index (χ1) is 8.45. The summed E-state index contributed by atoms with van der Waals surface area (Å²) in [5.74, 6) is 0.488. The van der Waals surface area contributed by atoms with Crippen LogP contribution >= 0.6 is 0 Å². The lowest BCUT2D eigenvalue weighted by atomic mass is 10.1. The van der Waals surface area contributed by atoms with Gasteiger partial charge >= 0.3 is 0 Å². The van der Waals surface area contributed by atoms with Gasteiger partial charge in [-0.15, -0.1) is 0 Å². The van der Waals surface area contributed by atoms with Crippen LogP contribution in [0.4, 0.5) is 5.69 Å². The molecule has 2 N–H and O–H groups in total. The predicted molar refractivity (Wildman–Crippen MR) is 72.7 cm³/mol. The SMILES string of the molecule is CCC1CCN(S(=O)(=O)c2ccc(C)c(N)c2)C1. The average molecular weight is 268 g/mol. The van der Waals surface area contributed by atoms with Crippen LogP contribution in [0.3, 0.4) is 0 Å². The van der Waals surface area contributed by atoms with Crippen LogP contribution in [0.2, 0.25) is 0 Å². The summed E-state index contributed by atoms with van der Waals surface area (Å²) in [5, 5.41) is 0. The third kappa shape index (κ3) is 2.37. The molecule has 0 aromatic heterocycles. The first kappa shape index (κ1) is 13.4. The molecule has 1 aromatic carbocycles. The van der Waals surface area contributed by atoms with Gasteiger partial charge in [-0.05, 0) is 37.0 Å². The topological polar surface area (TPSA) is 63.4 Å². The van der Waals surface area contributed by atoms with Crippen LogP contribution in [0, 0.1) is 12.8 Å². The smallest absolute Gasteiger partial charge is 0.243 e. The lowest BCUT2D eigenvalue weighted by molar-refractivity contribution is 0.453. The van der Waals surface area contributed by atoms with E-state index in [2.05, 4.69) is 6.92 Å². The number of nitrogens with two attached hydrogens (primary N) is 1. The van der Waals surface area contributed by atoms with E-state index in [1.165, 1.54) is 0 Å². The maximum atomic E-state index is 12.4. The summed E-state index contributed by atoms with van der Waals surface area (Å²) in [5.41, 5.74) is 7.22. The Labute approximate surface area is 109 Å². The van der Waals surface area contributed by atoms with Crippen molar-refractivity contribution in [2.75, 3.05) is 18.8 Å². The molecule has 0 spiro atoms. The zero-order valence-electron chi connectivity index (χ0n) is 10.9. The molecule has 5 heteroatoms. The maximum absolute atomic E-state index is 12.4. The van der Waals surface area contributed by atoms with Crippen molar-refractivity contribution in [1.82, 2.24) is 4.31 Å². The maximum Gasteiger partial charge on any atom is 0.243 e. The second-order valence-electron chi connectivity index (χ2n) is 4.94. The molecule has 4 nitrogen and oxygen atoms in total. The molecule has 1 unspecified atom stereocenters. The molecular formula is C13H20N2O2S. The van der Waals surface area contributed by atoms with E-state index in [4.69, 9.17) is 5.73 Å². The summed E-state index contributed by atoms with van der Waals surface area (Å²) in [4.78, 5) is 0.308. The van der Waals surface area contributed by atoms with Crippen molar-refractivity contribution >= 4 is 15.7 Å². The van der Waals surface area contributed by atoms with Crippen LogP contribution in [-0.2, 0) is 10.0 Å². The van der Waals surface area contributed by atoms with Gasteiger partial charge in [0.25, 0.3) is 0 Å². The molecule has 0 radical (unpaired) electrons. The fourth-order valence-electron chi connectivity index (χ4n) is 2.28. The number of rotatable bonds is 3. The van der Waals surface area contributed by atoms with Gasteiger partial charge in [0.2, 0.25) is 10.0 Å². The standard InChI is InChI=1S/C13H20N2O2S/c1-3-11-6-7-15(9-11)18(16,17)12-5-4-10(2)13(14)8-12/h4-5,8,11H,3,6-7,9,14H2,1-2H3. The van der Waals surface area contributed by atoms with Gasteiger partial charge in [0, 0.05) is 18.8 Å². The predicted octanol–water partition coefficient (Wildman–Crippen LogP) is 2.00. The molecule has 1 atom stereocenters. The first-order valence-electron chi connectivity index (χ1n) is 6.31. The Morgan fingerprint density at radius 3 is 2.72 bits per heavy atom. The van der Waals surface area contributed by atoms with Crippen LogP contribution < -0.4 is 5.73 Å². The van der Waals surface area contributed by atoms with Crippen LogP contribution in [0.25, 0.3) is 0 Å². The highest BCUT2D eigenvalue weighted by molar-refractivity contribution is 7.89. The minimum Gasteiger partial charge on any atom is -0.398 e. The highest BCUT2D eigenvalue weighted by atomic mass is 32.2. The molecule has 1 saturated heterocycles. The van der Waals surface area contributed by atoms with E-state index in [9.17, 15) is 8.42 Å². The normalized spacial score (nSPS) is 21.3. The van der Waals surface area contributed by atoms with Crippen molar-refractivity contribution in [3.63, 3.8) is 0 Å². The molecule has 100 valence electrons. The van der Waals surface area contributed by atoms with Crippen molar-refractivity contribution in [1.29, 1.82) is 0 Å². The summed E-state index contributed by atoms with van der Waals surface area (Å²) in [6, 6.07) is 4.96. The van der Waals surface area contributed by atoms with Crippen LogP contribution in [0.15, 0.2) is 23.1 Å². The lowest BCUT2D eigenvalue weighted by Gasteiger charge is -2.17. The van der Waals surface area contributed by atoms with E-state index in [0.29, 0.717) is 29.6 Å². The Balaban J connectivity index is 2.28. The number of nitrogens with zero attached hydrogens (tertiary/aromatic N) is 1. The zero-order valence-corrected chi connectivity index (χ0v) is 11.7. The number of benzene rings is 1. The monoisotopic (exact) mass is 268 g/mol. The molecule has 1 fully saturated rings. The number of sulfonamides is 1. The molecule has 1 aliphatic heterocycles. The van der Waals surface area contributed by atoms with E-state index in [1.807, 2.05) is 6.92 Å². The Morgan fingerprint density at radius 2 is 2.17 bits per heavy atom. The van der Waals surface area contributed by atoms with Gasteiger partial charge in [0.15, 0.2) is 0 Å². The van der Waals surface area contributed by atoms with Crippen molar-refractivity contribution < 1.29 is 8.42 Å². The van der Waals surface area contributed by atoms with E-state index in [1.54, 1.807) is 22.5 Å². The number of nitrogen functional groups attached to an aromatic ring is 1. The molecule has 2 rings (SSSR count). The number of hydrogen-bond acceptors (Lipinski definition) is 3. The summed E-state index contributed by atoms with van der Waals surface area (Å²) in [7, 11) is -3.37. The van der Waals surface area contributed by atoms with Crippen LogP contribution in [0.5, 0.6) is 0 Å². The third-order valence-electron chi connectivity index (χ3n) is 3.71. The fraction of sp³-hybridized carbons (Fsp3) is 0.538. The van der Waals surface area contributed by atoms with E-state index < -0.39 is 10.0 Å². The fourth-order valence-corrected chi connectivity index (χ4v) is 3.84. The molecule has 0 bridgehead atoms. The van der Waals surface area contributed by atoms with Crippen molar-refractivity contribution in [2.45, 2.75) is 31.6 Å². The van der Waals surface area contributed by atoms with Crippen molar-refractivity contribution in [3.05, 3.63) is 23.8 Å². The van der Waals surface area contributed by atoms with Gasteiger partial charge in [0.05, 0.1) is 4.90 Å². The van der Waals surface area contributed by atoms with Crippen LogP contribution in [0.1, 0.15) is 25.3 Å². The number of anilines is 1. The molecule has 1 aliphatic rings. The average Bonchev–Trinajstić information content (AvgIpc) is 2.81. The molecule has 18 heavy (non-hydrogen) atoms.